The Labute approximate surface area is 209 Å². The molecule has 34 heavy (non-hydrogen) atoms. The van der Waals surface area contributed by atoms with Crippen molar-refractivity contribution >= 4 is 51.0 Å². The van der Waals surface area contributed by atoms with Crippen LogP contribution in [0.5, 0.6) is 0 Å². The normalized spacial score (nSPS) is 11.6. The highest BCUT2D eigenvalue weighted by molar-refractivity contribution is 9.10. The minimum Gasteiger partial charge on any atom is -0.434 e. The van der Waals surface area contributed by atoms with E-state index in [0.717, 1.165) is 25.9 Å². The molecule has 4 rings (SSSR count). The maximum atomic E-state index is 12.5. The molecule has 5 heteroatoms. The van der Waals surface area contributed by atoms with Crippen LogP contribution in [0, 0.1) is 0 Å². The minimum absolute atomic E-state index is 0.239. The number of benzene rings is 4. The van der Waals surface area contributed by atoms with E-state index in [9.17, 15) is 4.79 Å². The van der Waals surface area contributed by atoms with Gasteiger partial charge >= 0.3 is 6.16 Å². The van der Waals surface area contributed by atoms with Crippen molar-refractivity contribution in [3.8, 4) is 0 Å². The van der Waals surface area contributed by atoms with Crippen molar-refractivity contribution in [1.29, 1.82) is 0 Å². The summed E-state index contributed by atoms with van der Waals surface area (Å²) < 4.78 is 11.9. The molecular weight excluding hydrogens is 507 g/mol. The van der Waals surface area contributed by atoms with Crippen LogP contribution >= 0.6 is 23.2 Å². The Balaban J connectivity index is 2.04. The van der Waals surface area contributed by atoms with Crippen LogP contribution in [0.2, 0.25) is 0 Å². The quantitative estimate of drug-likeness (QED) is 0.147. The van der Waals surface area contributed by atoms with Crippen LogP contribution in [0.25, 0.3) is 5.76 Å². The van der Waals surface area contributed by atoms with Crippen LogP contribution in [0.4, 0.5) is 4.79 Å². The van der Waals surface area contributed by atoms with E-state index in [-0.39, 0.29) is 6.61 Å². The molecule has 4 aromatic rings. The van der Waals surface area contributed by atoms with Gasteiger partial charge in [0.1, 0.15) is 5.76 Å². The Hall–Kier alpha value is -3.20. The summed E-state index contributed by atoms with van der Waals surface area (Å²) in [5.74, 6) is 2.60. The van der Waals surface area contributed by atoms with Gasteiger partial charge in [-0.05, 0) is 48.0 Å². The first-order valence-electron chi connectivity index (χ1n) is 11.0. The van der Waals surface area contributed by atoms with Crippen molar-refractivity contribution in [2.45, 2.75) is 6.92 Å². The number of ether oxygens (including phenoxy) is 2. The molecule has 0 aliphatic heterocycles. The van der Waals surface area contributed by atoms with Gasteiger partial charge in [0, 0.05) is 10.0 Å². The van der Waals surface area contributed by atoms with Gasteiger partial charge in [-0.15, -0.1) is 0 Å². The second kappa shape index (κ2) is 11.3. The van der Waals surface area contributed by atoms with E-state index >= 15 is 0 Å². The topological polar surface area (TPSA) is 35.5 Å². The molecule has 0 aliphatic rings. The van der Waals surface area contributed by atoms with Crippen LogP contribution in [-0.2, 0) is 9.47 Å². The van der Waals surface area contributed by atoms with Crippen molar-refractivity contribution in [1.82, 2.24) is 0 Å². The van der Waals surface area contributed by atoms with Gasteiger partial charge in [-0.2, -0.15) is 0 Å². The van der Waals surface area contributed by atoms with Gasteiger partial charge < -0.3 is 9.47 Å². The number of hydrogen-bond acceptors (Lipinski definition) is 3. The first kappa shape index (κ1) is 23.9. The largest absolute Gasteiger partial charge is 0.513 e. The Kier molecular flexibility index (Phi) is 7.95. The van der Waals surface area contributed by atoms with Crippen LogP contribution in [-0.4, -0.2) is 12.8 Å². The number of carbonyl (C=O) groups is 1. The monoisotopic (exact) mass is 531 g/mol. The molecule has 0 saturated carbocycles. The molecule has 3 nitrogen and oxygen atoms in total. The molecular formula is C29H25BrO3P. The molecule has 0 N–H and O–H groups in total. The van der Waals surface area contributed by atoms with E-state index in [2.05, 4.69) is 94.5 Å². The Bertz CT molecular complexity index is 1140. The Morgan fingerprint density at radius 1 is 0.735 bits per heavy atom. The van der Waals surface area contributed by atoms with E-state index in [4.69, 9.17) is 9.47 Å². The summed E-state index contributed by atoms with van der Waals surface area (Å²) in [6.45, 7) is 2.00. The molecule has 0 fully saturated rings. The summed E-state index contributed by atoms with van der Waals surface area (Å²) in [7, 11) is -2.37. The molecule has 0 heterocycles. The summed E-state index contributed by atoms with van der Waals surface area (Å²) in [5, 5.41) is 3.48. The standard InChI is InChI=1S/C29H25BrO3P/c1-2-32-29(31)33-28(23-18-20-24(30)21-19-23)22-34(25-12-6-3-7-13-25,26-14-8-4-9-15-26)27-16-10-5-11-17-27/h3-22H,2H2,1H3/b28-22-. The second-order valence-corrected chi connectivity index (χ2v) is 11.7. The molecule has 171 valence electrons. The van der Waals surface area contributed by atoms with E-state index in [0.29, 0.717) is 5.76 Å². The van der Waals surface area contributed by atoms with Crippen molar-refractivity contribution in [2.24, 2.45) is 0 Å². The number of hydrogen-bond donors (Lipinski definition) is 0. The zero-order valence-electron chi connectivity index (χ0n) is 18.8. The lowest BCUT2D eigenvalue weighted by atomic mass is 10.2. The fourth-order valence-corrected chi connectivity index (χ4v) is 7.93. The Morgan fingerprint density at radius 2 is 1.18 bits per heavy atom. The third kappa shape index (κ3) is 5.30. The van der Waals surface area contributed by atoms with E-state index < -0.39 is 13.4 Å². The third-order valence-electron chi connectivity index (χ3n) is 5.39. The molecule has 0 aromatic heterocycles. The van der Waals surface area contributed by atoms with Gasteiger partial charge in [-0.1, -0.05) is 119 Å². The lowest BCUT2D eigenvalue weighted by Gasteiger charge is -2.36. The highest BCUT2D eigenvalue weighted by Crippen LogP contribution is 2.58. The van der Waals surface area contributed by atoms with Crippen molar-refractivity contribution in [3.05, 3.63) is 131 Å². The molecule has 1 radical (unpaired) electrons. The van der Waals surface area contributed by atoms with Gasteiger partial charge in [-0.3, -0.25) is 0 Å². The first-order chi connectivity index (χ1) is 16.6. The summed E-state index contributed by atoms with van der Waals surface area (Å²) in [6.07, 6.45) is -0.719. The fourth-order valence-electron chi connectivity index (χ4n) is 3.85. The zero-order chi connectivity index (χ0) is 23.8. The SMILES string of the molecule is CCOC(=O)O/C(=C\[P](c1ccccc1)(c1ccccc1)c1ccccc1)c1ccc(Br)cc1. The average molecular weight is 532 g/mol. The number of rotatable bonds is 7. The molecule has 0 amide bonds. The number of halogens is 1. The second-order valence-electron chi connectivity index (χ2n) is 7.51. The Morgan fingerprint density at radius 3 is 1.59 bits per heavy atom. The lowest BCUT2D eigenvalue weighted by Crippen LogP contribution is -2.30. The van der Waals surface area contributed by atoms with Gasteiger partial charge in [0.05, 0.1) is 6.61 Å². The molecule has 0 unspecified atom stereocenters. The van der Waals surface area contributed by atoms with E-state index in [1.807, 2.05) is 42.5 Å². The van der Waals surface area contributed by atoms with Crippen molar-refractivity contribution in [2.75, 3.05) is 6.61 Å². The smallest absolute Gasteiger partial charge is 0.434 e. The summed E-state index contributed by atoms with van der Waals surface area (Å²) >= 11 is 3.50. The molecule has 4 aromatic carbocycles. The van der Waals surface area contributed by atoms with Crippen LogP contribution in [0.15, 0.2) is 126 Å². The molecule has 0 spiro atoms. The van der Waals surface area contributed by atoms with Crippen LogP contribution in [0.1, 0.15) is 12.5 Å². The molecule has 0 saturated heterocycles. The van der Waals surface area contributed by atoms with Gasteiger partial charge in [0.15, 0.2) is 0 Å². The zero-order valence-corrected chi connectivity index (χ0v) is 21.3. The average Bonchev–Trinajstić information content (AvgIpc) is 2.89. The van der Waals surface area contributed by atoms with E-state index in [1.165, 1.54) is 0 Å². The highest BCUT2D eigenvalue weighted by Gasteiger charge is 2.33. The summed E-state index contributed by atoms with van der Waals surface area (Å²) in [6, 6.07) is 39.0. The minimum atomic E-state index is -2.37. The summed E-state index contributed by atoms with van der Waals surface area (Å²) in [5.41, 5.74) is 0.795. The summed E-state index contributed by atoms with van der Waals surface area (Å²) in [4.78, 5) is 12.5. The van der Waals surface area contributed by atoms with Crippen molar-refractivity contribution in [3.63, 3.8) is 0 Å². The third-order valence-corrected chi connectivity index (χ3v) is 9.87. The lowest BCUT2D eigenvalue weighted by molar-refractivity contribution is 0.0954. The van der Waals surface area contributed by atoms with Gasteiger partial charge in [0.25, 0.3) is 0 Å². The number of carbonyl (C=O) groups excluding carboxylic acids is 1. The van der Waals surface area contributed by atoms with Crippen LogP contribution in [0.3, 0.4) is 0 Å². The molecule has 0 atom stereocenters. The maximum absolute atomic E-state index is 12.5. The predicted molar refractivity (Wildman–Crippen MR) is 145 cm³/mol. The van der Waals surface area contributed by atoms with E-state index in [1.54, 1.807) is 6.92 Å². The van der Waals surface area contributed by atoms with Gasteiger partial charge in [-0.25, -0.2) is 4.79 Å². The predicted octanol–water partition coefficient (Wildman–Crippen LogP) is 6.91. The first-order valence-corrected chi connectivity index (χ1v) is 13.7. The molecule has 0 aliphatic carbocycles. The van der Waals surface area contributed by atoms with Crippen LogP contribution < -0.4 is 15.9 Å². The maximum Gasteiger partial charge on any atom is 0.513 e. The van der Waals surface area contributed by atoms with Crippen molar-refractivity contribution < 1.29 is 14.3 Å². The highest BCUT2D eigenvalue weighted by atomic mass is 79.9. The fraction of sp³-hybridized carbons (Fsp3) is 0.0690. The molecule has 0 bridgehead atoms. The van der Waals surface area contributed by atoms with Gasteiger partial charge in [0.2, 0.25) is 0 Å².